The van der Waals surface area contributed by atoms with Gasteiger partial charge in [0.25, 0.3) is 0 Å². The molecule has 1 N–H and O–H groups in total. The highest BCUT2D eigenvalue weighted by atomic mass is 32.1. The molecule has 11 heavy (non-hydrogen) atoms. The fourth-order valence-electron chi connectivity index (χ4n) is 1.03. The van der Waals surface area contributed by atoms with Crippen molar-refractivity contribution in [2.75, 3.05) is 6.61 Å². The van der Waals surface area contributed by atoms with E-state index in [1.807, 2.05) is 5.51 Å². The summed E-state index contributed by atoms with van der Waals surface area (Å²) >= 11 is 1.69. The Kier molecular flexibility index (Phi) is 3.52. The normalized spacial score (nSPS) is 10.4. The minimum atomic E-state index is 0.209. The molecule has 1 heterocycles. The number of nitrogens with zero attached hydrogens (tertiary/aromatic N) is 1. The van der Waals surface area contributed by atoms with Gasteiger partial charge in [0, 0.05) is 17.9 Å². The van der Waals surface area contributed by atoms with Crippen molar-refractivity contribution in [3.05, 3.63) is 16.1 Å². The Balaban J connectivity index is 2.62. The lowest BCUT2D eigenvalue weighted by Crippen LogP contribution is -1.94. The summed E-state index contributed by atoms with van der Waals surface area (Å²) in [5.41, 5.74) is 2.94. The first kappa shape index (κ1) is 8.68. The van der Waals surface area contributed by atoms with Crippen molar-refractivity contribution in [2.45, 2.75) is 26.2 Å². The lowest BCUT2D eigenvalue weighted by Gasteiger charge is -1.96. The minimum absolute atomic E-state index is 0.209. The molecule has 0 aliphatic heterocycles. The van der Waals surface area contributed by atoms with E-state index < -0.39 is 0 Å². The third-order valence-electron chi connectivity index (χ3n) is 1.55. The molecule has 0 saturated heterocycles. The summed E-state index contributed by atoms with van der Waals surface area (Å²) in [5, 5.41) is 8.70. The van der Waals surface area contributed by atoms with Crippen molar-refractivity contribution >= 4 is 11.3 Å². The van der Waals surface area contributed by atoms with Gasteiger partial charge in [0.15, 0.2) is 0 Å². The number of thiazole rings is 1. The molecule has 3 heteroatoms. The van der Waals surface area contributed by atoms with E-state index >= 15 is 0 Å². The quantitative estimate of drug-likeness (QED) is 0.747. The Morgan fingerprint density at radius 3 is 3.00 bits per heavy atom. The van der Waals surface area contributed by atoms with Crippen LogP contribution in [0.25, 0.3) is 0 Å². The number of rotatable bonds is 4. The Morgan fingerprint density at radius 1 is 1.55 bits per heavy atom. The van der Waals surface area contributed by atoms with E-state index in [1.165, 1.54) is 4.88 Å². The highest BCUT2D eigenvalue weighted by molar-refractivity contribution is 7.09. The SMILES string of the molecule is CCCc1scnc1CCO. The summed E-state index contributed by atoms with van der Waals surface area (Å²) in [6.45, 7) is 2.36. The summed E-state index contributed by atoms with van der Waals surface area (Å²) in [5.74, 6) is 0. The lowest BCUT2D eigenvalue weighted by molar-refractivity contribution is 0.298. The Hall–Kier alpha value is -0.410. The van der Waals surface area contributed by atoms with Crippen LogP contribution in [0.15, 0.2) is 5.51 Å². The van der Waals surface area contributed by atoms with E-state index in [4.69, 9.17) is 5.11 Å². The molecule has 0 spiro atoms. The first-order valence-electron chi connectivity index (χ1n) is 3.90. The van der Waals surface area contributed by atoms with Gasteiger partial charge in [0.05, 0.1) is 11.2 Å². The van der Waals surface area contributed by atoms with Gasteiger partial charge in [0.1, 0.15) is 0 Å². The van der Waals surface area contributed by atoms with Gasteiger partial charge in [-0.05, 0) is 6.42 Å². The second-order valence-corrected chi connectivity index (χ2v) is 3.39. The van der Waals surface area contributed by atoms with Crippen molar-refractivity contribution in [2.24, 2.45) is 0 Å². The summed E-state index contributed by atoms with van der Waals surface area (Å²) in [4.78, 5) is 5.52. The van der Waals surface area contributed by atoms with Gasteiger partial charge in [-0.2, -0.15) is 0 Å². The highest BCUT2D eigenvalue weighted by Gasteiger charge is 2.03. The van der Waals surface area contributed by atoms with Gasteiger partial charge in [0.2, 0.25) is 0 Å². The molecule has 1 aromatic rings. The molecule has 0 unspecified atom stereocenters. The van der Waals surface area contributed by atoms with Crippen molar-refractivity contribution in [3.8, 4) is 0 Å². The summed E-state index contributed by atoms with van der Waals surface area (Å²) in [7, 11) is 0. The zero-order valence-corrected chi connectivity index (χ0v) is 7.52. The molecule has 0 aliphatic rings. The van der Waals surface area contributed by atoms with E-state index in [-0.39, 0.29) is 6.61 Å². The summed E-state index contributed by atoms with van der Waals surface area (Å²) < 4.78 is 0. The predicted molar refractivity (Wildman–Crippen MR) is 46.9 cm³/mol. The molecule has 1 rings (SSSR count). The van der Waals surface area contributed by atoms with Gasteiger partial charge in [-0.25, -0.2) is 4.98 Å². The maximum absolute atomic E-state index is 8.70. The van der Waals surface area contributed by atoms with Gasteiger partial charge in [-0.15, -0.1) is 11.3 Å². The van der Waals surface area contributed by atoms with Crippen LogP contribution in [0, 0.1) is 0 Å². The van der Waals surface area contributed by atoms with Crippen LogP contribution >= 0.6 is 11.3 Å². The highest BCUT2D eigenvalue weighted by Crippen LogP contribution is 2.15. The zero-order chi connectivity index (χ0) is 8.10. The largest absolute Gasteiger partial charge is 0.396 e. The van der Waals surface area contributed by atoms with Crippen molar-refractivity contribution in [3.63, 3.8) is 0 Å². The van der Waals surface area contributed by atoms with E-state index in [0.29, 0.717) is 6.42 Å². The molecule has 0 radical (unpaired) electrons. The van der Waals surface area contributed by atoms with E-state index in [9.17, 15) is 0 Å². The van der Waals surface area contributed by atoms with Crippen molar-refractivity contribution < 1.29 is 5.11 Å². The number of aliphatic hydroxyl groups is 1. The van der Waals surface area contributed by atoms with E-state index in [0.717, 1.165) is 18.5 Å². The fraction of sp³-hybridized carbons (Fsp3) is 0.625. The van der Waals surface area contributed by atoms with Crippen LogP contribution in [-0.4, -0.2) is 16.7 Å². The van der Waals surface area contributed by atoms with Crippen LogP contribution in [0.2, 0.25) is 0 Å². The molecule has 62 valence electrons. The molecule has 0 fully saturated rings. The van der Waals surface area contributed by atoms with Crippen molar-refractivity contribution in [1.29, 1.82) is 0 Å². The smallest absolute Gasteiger partial charge is 0.0797 e. The molecular formula is C8H13NOS. The first-order chi connectivity index (χ1) is 5.38. The molecular weight excluding hydrogens is 158 g/mol. The molecule has 0 aliphatic carbocycles. The topological polar surface area (TPSA) is 33.1 Å². The van der Waals surface area contributed by atoms with Gasteiger partial charge in [-0.3, -0.25) is 0 Å². The van der Waals surface area contributed by atoms with E-state index in [1.54, 1.807) is 11.3 Å². The van der Waals surface area contributed by atoms with Crippen LogP contribution in [-0.2, 0) is 12.8 Å². The van der Waals surface area contributed by atoms with Crippen LogP contribution < -0.4 is 0 Å². The van der Waals surface area contributed by atoms with Crippen LogP contribution in [0.5, 0.6) is 0 Å². The molecule has 0 amide bonds. The summed E-state index contributed by atoms with van der Waals surface area (Å²) in [6.07, 6.45) is 2.96. The minimum Gasteiger partial charge on any atom is -0.396 e. The van der Waals surface area contributed by atoms with E-state index in [2.05, 4.69) is 11.9 Å². The molecule has 0 saturated carbocycles. The molecule has 1 aromatic heterocycles. The lowest BCUT2D eigenvalue weighted by atomic mass is 10.2. The second-order valence-electron chi connectivity index (χ2n) is 2.45. The average Bonchev–Trinajstić information content (AvgIpc) is 2.39. The number of aliphatic hydroxyl groups excluding tert-OH is 1. The van der Waals surface area contributed by atoms with Gasteiger partial charge >= 0.3 is 0 Å². The predicted octanol–water partition coefficient (Wildman–Crippen LogP) is 1.63. The number of hydrogen-bond donors (Lipinski definition) is 1. The Bertz CT molecular complexity index is 189. The maximum Gasteiger partial charge on any atom is 0.0797 e. The summed E-state index contributed by atoms with van der Waals surface area (Å²) in [6, 6.07) is 0. The standard InChI is InChI=1S/C8H13NOS/c1-2-3-8-7(4-5-10)9-6-11-8/h6,10H,2-5H2,1H3. The molecule has 0 bridgehead atoms. The Morgan fingerprint density at radius 2 is 2.36 bits per heavy atom. The van der Waals surface area contributed by atoms with Crippen LogP contribution in [0.4, 0.5) is 0 Å². The number of aryl methyl sites for hydroxylation is 1. The van der Waals surface area contributed by atoms with Crippen LogP contribution in [0.1, 0.15) is 23.9 Å². The zero-order valence-electron chi connectivity index (χ0n) is 6.71. The monoisotopic (exact) mass is 171 g/mol. The maximum atomic E-state index is 8.70. The first-order valence-corrected chi connectivity index (χ1v) is 4.78. The molecule has 0 aromatic carbocycles. The molecule has 0 atom stereocenters. The third-order valence-corrected chi connectivity index (χ3v) is 2.49. The average molecular weight is 171 g/mol. The molecule has 2 nitrogen and oxygen atoms in total. The van der Waals surface area contributed by atoms with Gasteiger partial charge in [-0.1, -0.05) is 13.3 Å². The Labute approximate surface area is 70.9 Å². The van der Waals surface area contributed by atoms with Crippen molar-refractivity contribution in [1.82, 2.24) is 4.98 Å². The van der Waals surface area contributed by atoms with Crippen LogP contribution in [0.3, 0.4) is 0 Å². The number of aromatic nitrogens is 1. The number of hydrogen-bond acceptors (Lipinski definition) is 3. The van der Waals surface area contributed by atoms with Gasteiger partial charge < -0.3 is 5.11 Å². The third kappa shape index (κ3) is 2.27. The fourth-order valence-corrected chi connectivity index (χ4v) is 1.95. The second kappa shape index (κ2) is 4.46.